The van der Waals surface area contributed by atoms with Crippen LogP contribution in [0.15, 0.2) is 35.7 Å². The fourth-order valence-electron chi connectivity index (χ4n) is 1.04. The molecule has 0 saturated heterocycles. The lowest BCUT2D eigenvalue weighted by atomic mass is 10.3. The van der Waals surface area contributed by atoms with Crippen molar-refractivity contribution in [3.05, 3.63) is 41.4 Å². The van der Waals surface area contributed by atoms with Gasteiger partial charge in [0.25, 0.3) is 5.91 Å². The van der Waals surface area contributed by atoms with Crippen LogP contribution in [0, 0.1) is 0 Å². The maximum Gasteiger partial charge on any atom is 0.419 e. The fraction of sp³-hybridized carbons (Fsp3) is 0. The Kier molecular flexibility index (Phi) is 3.41. The van der Waals surface area contributed by atoms with E-state index in [2.05, 4.69) is 9.59 Å². The summed E-state index contributed by atoms with van der Waals surface area (Å²) in [5.74, 6) is -0.283. The van der Waals surface area contributed by atoms with Crippen LogP contribution in [0.1, 0.15) is 10.5 Å². The van der Waals surface area contributed by atoms with Crippen molar-refractivity contribution in [3.63, 3.8) is 0 Å². The Balaban J connectivity index is 1.92. The summed E-state index contributed by atoms with van der Waals surface area (Å²) in [7, 11) is 0. The first-order chi connectivity index (χ1) is 8.25. The van der Waals surface area contributed by atoms with Crippen LogP contribution in [0.4, 0.5) is 4.79 Å². The number of carbonyl (C=O) groups excluding carboxylic acids is 2. The van der Waals surface area contributed by atoms with Crippen LogP contribution < -0.4 is 10.1 Å². The minimum Gasteiger partial charge on any atom is -0.410 e. The van der Waals surface area contributed by atoms with Gasteiger partial charge in [-0.3, -0.25) is 10.1 Å². The predicted molar refractivity (Wildman–Crippen MR) is 59.8 cm³/mol. The predicted octanol–water partition coefficient (Wildman–Crippen LogP) is 1.47. The number of rotatable bonds is 2. The maximum absolute atomic E-state index is 11.4. The Morgan fingerprint density at radius 2 is 2.00 bits per heavy atom. The number of benzene rings is 1. The molecule has 2 aromatic rings. The first-order valence-corrected chi connectivity index (χ1v) is 5.44. The van der Waals surface area contributed by atoms with Crippen LogP contribution in [0.2, 0.25) is 0 Å². The number of amides is 2. The Morgan fingerprint density at radius 3 is 2.65 bits per heavy atom. The Morgan fingerprint density at radius 1 is 1.24 bits per heavy atom. The number of para-hydroxylation sites is 1. The smallest absolute Gasteiger partial charge is 0.410 e. The van der Waals surface area contributed by atoms with Crippen LogP contribution in [0.25, 0.3) is 0 Å². The first-order valence-electron chi connectivity index (χ1n) is 4.61. The van der Waals surface area contributed by atoms with E-state index in [1.165, 1.54) is 5.38 Å². The van der Waals surface area contributed by atoms with Crippen molar-refractivity contribution in [3.8, 4) is 5.75 Å². The summed E-state index contributed by atoms with van der Waals surface area (Å²) in [6.07, 6.45) is -0.853. The number of imide groups is 1. The molecule has 0 aliphatic rings. The SMILES string of the molecule is O=C(NC(=O)c1csnn1)Oc1ccccc1. The van der Waals surface area contributed by atoms with E-state index in [1.54, 1.807) is 30.3 Å². The average molecular weight is 249 g/mol. The van der Waals surface area contributed by atoms with Gasteiger partial charge in [-0.15, -0.1) is 5.10 Å². The average Bonchev–Trinajstić information content (AvgIpc) is 2.83. The van der Waals surface area contributed by atoms with E-state index in [0.29, 0.717) is 5.75 Å². The molecule has 0 aliphatic heterocycles. The zero-order chi connectivity index (χ0) is 12.1. The molecule has 1 N–H and O–H groups in total. The van der Waals surface area contributed by atoms with Crippen molar-refractivity contribution in [1.82, 2.24) is 14.9 Å². The van der Waals surface area contributed by atoms with Crippen LogP contribution in [-0.2, 0) is 0 Å². The van der Waals surface area contributed by atoms with Gasteiger partial charge in [0.05, 0.1) is 0 Å². The number of carbonyl (C=O) groups is 2. The van der Waals surface area contributed by atoms with Gasteiger partial charge >= 0.3 is 6.09 Å². The van der Waals surface area contributed by atoms with Crippen LogP contribution in [0.3, 0.4) is 0 Å². The van der Waals surface area contributed by atoms with E-state index < -0.39 is 12.0 Å². The molecule has 1 aromatic carbocycles. The third-order valence-corrected chi connectivity index (χ3v) is 2.27. The van der Waals surface area contributed by atoms with Gasteiger partial charge in [-0.25, -0.2) is 4.79 Å². The molecule has 0 saturated carbocycles. The Labute approximate surface area is 100 Å². The quantitative estimate of drug-likeness (QED) is 0.871. The van der Waals surface area contributed by atoms with E-state index in [9.17, 15) is 9.59 Å². The van der Waals surface area contributed by atoms with Gasteiger partial charge in [0.15, 0.2) is 5.69 Å². The molecule has 0 unspecified atom stereocenters. The number of nitrogens with one attached hydrogen (secondary N) is 1. The highest BCUT2D eigenvalue weighted by atomic mass is 32.1. The molecule has 7 heteroatoms. The summed E-state index contributed by atoms with van der Waals surface area (Å²) in [6.45, 7) is 0. The van der Waals surface area contributed by atoms with Crippen LogP contribution in [0.5, 0.6) is 5.75 Å². The lowest BCUT2D eigenvalue weighted by Crippen LogP contribution is -2.33. The fourth-order valence-corrected chi connectivity index (χ4v) is 1.48. The molecule has 1 aromatic heterocycles. The normalized spacial score (nSPS) is 9.65. The van der Waals surface area contributed by atoms with Crippen molar-refractivity contribution in [2.24, 2.45) is 0 Å². The maximum atomic E-state index is 11.4. The van der Waals surface area contributed by atoms with E-state index in [1.807, 2.05) is 5.32 Å². The van der Waals surface area contributed by atoms with Gasteiger partial charge in [-0.05, 0) is 23.7 Å². The minimum absolute atomic E-state index is 0.0833. The monoisotopic (exact) mass is 249 g/mol. The molecule has 6 nitrogen and oxygen atoms in total. The number of hydrogen-bond donors (Lipinski definition) is 1. The molecule has 0 bridgehead atoms. The van der Waals surface area contributed by atoms with Crippen molar-refractivity contribution < 1.29 is 14.3 Å². The Bertz CT molecular complexity index is 513. The lowest BCUT2D eigenvalue weighted by molar-refractivity contribution is 0.0946. The summed E-state index contributed by atoms with van der Waals surface area (Å²) >= 11 is 1.02. The van der Waals surface area contributed by atoms with E-state index in [4.69, 9.17) is 4.74 Å². The van der Waals surface area contributed by atoms with Gasteiger partial charge in [0, 0.05) is 5.38 Å². The number of ether oxygens (including phenoxy) is 1. The van der Waals surface area contributed by atoms with Gasteiger partial charge < -0.3 is 4.74 Å². The second kappa shape index (κ2) is 5.17. The minimum atomic E-state index is -0.853. The standard InChI is InChI=1S/C10H7N3O3S/c14-9(8-6-17-13-12-8)11-10(15)16-7-4-2-1-3-5-7/h1-6H,(H,11,14,15). The molecule has 1 heterocycles. The topological polar surface area (TPSA) is 81.2 Å². The second-order valence-electron chi connectivity index (χ2n) is 2.95. The number of nitrogens with zero attached hydrogens (tertiary/aromatic N) is 2. The van der Waals surface area contributed by atoms with Crippen molar-refractivity contribution in [2.75, 3.05) is 0 Å². The van der Waals surface area contributed by atoms with Gasteiger partial charge in [0.1, 0.15) is 5.75 Å². The summed E-state index contributed by atoms with van der Waals surface area (Å²) in [6, 6.07) is 8.43. The molecule has 0 radical (unpaired) electrons. The van der Waals surface area contributed by atoms with Gasteiger partial charge in [-0.1, -0.05) is 22.7 Å². The van der Waals surface area contributed by atoms with Gasteiger partial charge in [0.2, 0.25) is 0 Å². The zero-order valence-corrected chi connectivity index (χ0v) is 9.31. The zero-order valence-electron chi connectivity index (χ0n) is 8.49. The number of aromatic nitrogens is 2. The van der Waals surface area contributed by atoms with Crippen molar-refractivity contribution in [1.29, 1.82) is 0 Å². The summed E-state index contributed by atoms with van der Waals surface area (Å²) in [4.78, 5) is 22.7. The summed E-state index contributed by atoms with van der Waals surface area (Å²) in [5.41, 5.74) is 0.0833. The molecule has 0 aliphatic carbocycles. The molecule has 2 amide bonds. The third-order valence-electron chi connectivity index (χ3n) is 1.76. The first kappa shape index (κ1) is 11.2. The number of hydrogen-bond acceptors (Lipinski definition) is 6. The van der Waals surface area contributed by atoms with Crippen molar-refractivity contribution in [2.45, 2.75) is 0 Å². The van der Waals surface area contributed by atoms with Crippen LogP contribution in [-0.4, -0.2) is 21.6 Å². The summed E-state index contributed by atoms with van der Waals surface area (Å²) in [5, 5.41) is 7.00. The van der Waals surface area contributed by atoms with Gasteiger partial charge in [-0.2, -0.15) is 0 Å². The van der Waals surface area contributed by atoms with E-state index in [0.717, 1.165) is 11.5 Å². The molecular weight excluding hydrogens is 242 g/mol. The largest absolute Gasteiger partial charge is 0.419 e. The molecule has 0 atom stereocenters. The highest BCUT2D eigenvalue weighted by molar-refractivity contribution is 7.03. The highest BCUT2D eigenvalue weighted by Crippen LogP contribution is 2.08. The Hall–Kier alpha value is -2.28. The molecule has 0 fully saturated rings. The molecule has 2 rings (SSSR count). The molecule has 86 valence electrons. The third kappa shape index (κ3) is 3.08. The van der Waals surface area contributed by atoms with Crippen LogP contribution >= 0.6 is 11.5 Å². The molecule has 17 heavy (non-hydrogen) atoms. The van der Waals surface area contributed by atoms with E-state index in [-0.39, 0.29) is 5.69 Å². The second-order valence-corrected chi connectivity index (χ2v) is 3.56. The summed E-state index contributed by atoms with van der Waals surface area (Å²) < 4.78 is 8.38. The van der Waals surface area contributed by atoms with Crippen molar-refractivity contribution >= 4 is 23.5 Å². The molecular formula is C10H7N3O3S. The van der Waals surface area contributed by atoms with E-state index >= 15 is 0 Å². The molecule has 0 spiro atoms. The highest BCUT2D eigenvalue weighted by Gasteiger charge is 2.13. The lowest BCUT2D eigenvalue weighted by Gasteiger charge is -2.03.